The number of nitro benzene ring substituents is 1. The fraction of sp³-hybridized carbons (Fsp3) is 0.462. The van der Waals surface area contributed by atoms with Crippen molar-refractivity contribution in [2.45, 2.75) is 12.5 Å². The Morgan fingerprint density at radius 2 is 2.20 bits per heavy atom. The van der Waals surface area contributed by atoms with Gasteiger partial charge in [-0.15, -0.1) is 0 Å². The van der Waals surface area contributed by atoms with Gasteiger partial charge in [-0.1, -0.05) is 0 Å². The number of rotatable bonds is 3. The van der Waals surface area contributed by atoms with E-state index in [0.717, 1.165) is 6.42 Å². The van der Waals surface area contributed by atoms with E-state index in [0.29, 0.717) is 24.3 Å². The first-order valence-electron chi connectivity index (χ1n) is 6.40. The summed E-state index contributed by atoms with van der Waals surface area (Å²) in [7, 11) is 3.23. The van der Waals surface area contributed by atoms with Gasteiger partial charge in [-0.25, -0.2) is 0 Å². The van der Waals surface area contributed by atoms with Crippen LogP contribution in [-0.2, 0) is 0 Å². The summed E-state index contributed by atoms with van der Waals surface area (Å²) in [6.07, 6.45) is 0.815. The predicted octanol–water partition coefficient (Wildman–Crippen LogP) is 0.834. The maximum Gasteiger partial charge on any atom is 0.293 e. The second-order valence-corrected chi connectivity index (χ2v) is 5.15. The topological polar surface area (TPSA) is 92.7 Å². The first kappa shape index (κ1) is 14.3. The second kappa shape index (κ2) is 5.46. The van der Waals surface area contributed by atoms with Crippen molar-refractivity contribution in [1.29, 1.82) is 0 Å². The number of hydrogen-bond acceptors (Lipinski definition) is 5. The van der Waals surface area contributed by atoms with Crippen molar-refractivity contribution in [3.63, 3.8) is 0 Å². The van der Waals surface area contributed by atoms with Crippen LogP contribution in [0.4, 0.5) is 11.4 Å². The molecule has 108 valence electrons. The summed E-state index contributed by atoms with van der Waals surface area (Å²) in [5.41, 5.74) is 6.62. The number of carbonyl (C=O) groups excluding carboxylic acids is 1. The van der Waals surface area contributed by atoms with E-state index < -0.39 is 4.92 Å². The number of nitro groups is 1. The summed E-state index contributed by atoms with van der Waals surface area (Å²) in [6, 6.07) is 4.63. The third-order valence-corrected chi connectivity index (χ3v) is 3.39. The van der Waals surface area contributed by atoms with Crippen molar-refractivity contribution in [1.82, 2.24) is 4.90 Å². The van der Waals surface area contributed by atoms with E-state index in [1.54, 1.807) is 26.2 Å². The zero-order chi connectivity index (χ0) is 14.9. The molecule has 1 atom stereocenters. The molecule has 1 aliphatic rings. The van der Waals surface area contributed by atoms with Gasteiger partial charge < -0.3 is 15.5 Å². The Morgan fingerprint density at radius 3 is 2.70 bits per heavy atom. The van der Waals surface area contributed by atoms with Gasteiger partial charge in [-0.05, 0) is 18.6 Å². The Morgan fingerprint density at radius 1 is 1.50 bits per heavy atom. The molecule has 2 rings (SSSR count). The minimum atomic E-state index is -0.453. The van der Waals surface area contributed by atoms with E-state index >= 15 is 0 Å². The van der Waals surface area contributed by atoms with Gasteiger partial charge in [0.15, 0.2) is 0 Å². The molecule has 1 amide bonds. The standard InChI is InChI=1S/C13H18N4O3/c1-15(2)13(18)9-3-4-11(12(7-9)17(19)20)16-6-5-10(14)8-16/h3-4,7,10H,5-6,8,14H2,1-2H3. The number of hydrogen-bond donors (Lipinski definition) is 1. The SMILES string of the molecule is CN(C)C(=O)c1ccc(N2CCC(N)C2)c([N+](=O)[O-])c1. The van der Waals surface area contributed by atoms with Crippen molar-refractivity contribution in [2.75, 3.05) is 32.1 Å². The molecule has 7 nitrogen and oxygen atoms in total. The van der Waals surface area contributed by atoms with Gasteiger partial charge in [0.25, 0.3) is 11.6 Å². The van der Waals surface area contributed by atoms with Crippen molar-refractivity contribution < 1.29 is 9.72 Å². The third-order valence-electron chi connectivity index (χ3n) is 3.39. The lowest BCUT2D eigenvalue weighted by atomic mass is 10.1. The highest BCUT2D eigenvalue weighted by Gasteiger charge is 2.26. The zero-order valence-electron chi connectivity index (χ0n) is 11.6. The van der Waals surface area contributed by atoms with Gasteiger partial charge in [-0.2, -0.15) is 0 Å². The Kier molecular flexibility index (Phi) is 3.89. The molecule has 7 heteroatoms. The van der Waals surface area contributed by atoms with Crippen LogP contribution in [0.15, 0.2) is 18.2 Å². The van der Waals surface area contributed by atoms with Gasteiger partial charge >= 0.3 is 0 Å². The minimum absolute atomic E-state index is 0.0395. The Balaban J connectivity index is 2.38. The number of amides is 1. The van der Waals surface area contributed by atoms with Crippen LogP contribution in [0.1, 0.15) is 16.8 Å². The number of nitrogens with two attached hydrogens (primary N) is 1. The van der Waals surface area contributed by atoms with Crippen molar-refractivity contribution in [3.8, 4) is 0 Å². The lowest BCUT2D eigenvalue weighted by Crippen LogP contribution is -2.27. The highest BCUT2D eigenvalue weighted by molar-refractivity contribution is 5.95. The van der Waals surface area contributed by atoms with Gasteiger partial charge in [0, 0.05) is 44.9 Å². The fourth-order valence-corrected chi connectivity index (χ4v) is 2.33. The molecule has 0 radical (unpaired) electrons. The van der Waals surface area contributed by atoms with Gasteiger partial charge in [0.05, 0.1) is 4.92 Å². The molecule has 1 aliphatic heterocycles. The average molecular weight is 278 g/mol. The molecule has 0 spiro atoms. The number of benzene rings is 1. The normalized spacial score (nSPS) is 18.1. The molecule has 1 aromatic carbocycles. The van der Waals surface area contributed by atoms with E-state index in [1.807, 2.05) is 4.90 Å². The van der Waals surface area contributed by atoms with Crippen LogP contribution in [0.2, 0.25) is 0 Å². The lowest BCUT2D eigenvalue weighted by Gasteiger charge is -2.18. The molecular formula is C13H18N4O3. The van der Waals surface area contributed by atoms with Crippen LogP contribution in [0, 0.1) is 10.1 Å². The Hall–Kier alpha value is -2.15. The molecular weight excluding hydrogens is 260 g/mol. The molecule has 1 heterocycles. The summed E-state index contributed by atoms with van der Waals surface area (Å²) >= 11 is 0. The maximum atomic E-state index is 11.9. The summed E-state index contributed by atoms with van der Waals surface area (Å²) in [5, 5.41) is 11.2. The van der Waals surface area contributed by atoms with Crippen molar-refractivity contribution in [2.24, 2.45) is 5.73 Å². The molecule has 0 aromatic heterocycles. The van der Waals surface area contributed by atoms with E-state index in [9.17, 15) is 14.9 Å². The molecule has 1 aromatic rings. The Labute approximate surface area is 117 Å². The molecule has 1 unspecified atom stereocenters. The van der Waals surface area contributed by atoms with Crippen LogP contribution >= 0.6 is 0 Å². The summed E-state index contributed by atoms with van der Waals surface area (Å²) in [6.45, 7) is 1.30. The van der Waals surface area contributed by atoms with Crippen molar-refractivity contribution in [3.05, 3.63) is 33.9 Å². The summed E-state index contributed by atoms with van der Waals surface area (Å²) < 4.78 is 0. The highest BCUT2D eigenvalue weighted by Crippen LogP contribution is 2.31. The second-order valence-electron chi connectivity index (χ2n) is 5.15. The summed E-state index contributed by atoms with van der Waals surface area (Å²) in [4.78, 5) is 25.9. The smallest absolute Gasteiger partial charge is 0.293 e. The van der Waals surface area contributed by atoms with Gasteiger partial charge in [-0.3, -0.25) is 14.9 Å². The van der Waals surface area contributed by atoms with E-state index in [2.05, 4.69) is 0 Å². The zero-order valence-corrected chi connectivity index (χ0v) is 11.6. The molecule has 0 aliphatic carbocycles. The average Bonchev–Trinajstić information content (AvgIpc) is 2.83. The Bertz CT molecular complexity index is 544. The van der Waals surface area contributed by atoms with Gasteiger partial charge in [0.1, 0.15) is 5.69 Å². The fourth-order valence-electron chi connectivity index (χ4n) is 2.33. The third kappa shape index (κ3) is 2.72. The number of nitrogens with zero attached hydrogens (tertiary/aromatic N) is 3. The number of anilines is 1. The van der Waals surface area contributed by atoms with Crippen LogP contribution in [0.25, 0.3) is 0 Å². The predicted molar refractivity (Wildman–Crippen MR) is 75.9 cm³/mol. The molecule has 2 N–H and O–H groups in total. The molecule has 1 saturated heterocycles. The molecule has 1 fully saturated rings. The molecule has 0 bridgehead atoms. The maximum absolute atomic E-state index is 11.9. The largest absolute Gasteiger partial charge is 0.364 e. The van der Waals surface area contributed by atoms with Crippen LogP contribution in [0.5, 0.6) is 0 Å². The van der Waals surface area contributed by atoms with Crippen LogP contribution in [-0.4, -0.2) is 49.0 Å². The number of carbonyl (C=O) groups is 1. The minimum Gasteiger partial charge on any atom is -0.364 e. The quantitative estimate of drug-likeness (QED) is 0.653. The molecule has 20 heavy (non-hydrogen) atoms. The lowest BCUT2D eigenvalue weighted by molar-refractivity contribution is -0.384. The first-order valence-corrected chi connectivity index (χ1v) is 6.40. The van der Waals surface area contributed by atoms with Crippen LogP contribution < -0.4 is 10.6 Å². The van der Waals surface area contributed by atoms with E-state index in [4.69, 9.17) is 5.73 Å². The highest BCUT2D eigenvalue weighted by atomic mass is 16.6. The first-order chi connectivity index (χ1) is 9.40. The van der Waals surface area contributed by atoms with Gasteiger partial charge in [0.2, 0.25) is 0 Å². The van der Waals surface area contributed by atoms with Crippen molar-refractivity contribution >= 4 is 17.3 Å². The monoisotopic (exact) mass is 278 g/mol. The summed E-state index contributed by atoms with van der Waals surface area (Å²) in [5.74, 6) is -0.252. The van der Waals surface area contributed by atoms with E-state index in [-0.39, 0.29) is 17.6 Å². The van der Waals surface area contributed by atoms with Crippen LogP contribution in [0.3, 0.4) is 0 Å². The molecule has 0 saturated carbocycles. The van der Waals surface area contributed by atoms with E-state index in [1.165, 1.54) is 11.0 Å².